The number of aromatic amines is 1. The first-order valence-corrected chi connectivity index (χ1v) is 9.88. The molecule has 0 saturated carbocycles. The molecule has 0 aliphatic carbocycles. The average Bonchev–Trinajstić information content (AvgIpc) is 3.21. The van der Waals surface area contributed by atoms with E-state index in [9.17, 15) is 14.7 Å². The number of nitrogens with one attached hydrogen (secondary N) is 1. The Morgan fingerprint density at radius 2 is 1.94 bits per heavy atom. The van der Waals surface area contributed by atoms with Crippen molar-refractivity contribution in [2.24, 2.45) is 0 Å². The lowest BCUT2D eigenvalue weighted by Gasteiger charge is -2.28. The summed E-state index contributed by atoms with van der Waals surface area (Å²) in [5.41, 5.74) is 2.11. The molecule has 9 nitrogen and oxygen atoms in total. The Hall–Kier alpha value is -3.33. The predicted octanol–water partition coefficient (Wildman–Crippen LogP) is 2.03. The number of rotatable bonds is 7. The summed E-state index contributed by atoms with van der Waals surface area (Å²) in [6, 6.07) is 4.43. The summed E-state index contributed by atoms with van der Waals surface area (Å²) in [6.07, 6.45) is 0. The fourth-order valence-electron chi connectivity index (χ4n) is 3.90. The number of aliphatic hydroxyl groups excluding tert-OH is 1. The molecule has 1 fully saturated rings. The van der Waals surface area contributed by atoms with E-state index in [1.54, 1.807) is 32.0 Å². The number of likely N-dealkylation sites (tertiary alicyclic amines) is 1. The number of carbonyl (C=O) groups excluding carboxylic acids is 2. The SMILES string of the molecule is COc1cccc(C2C(=C(O)c3c(C)n[nH]c3C)C(=O)C(=O)N2CCN(C)C)c1OC. The van der Waals surface area contributed by atoms with Crippen LogP contribution in [0, 0.1) is 13.8 Å². The van der Waals surface area contributed by atoms with Gasteiger partial charge in [-0.05, 0) is 34.0 Å². The second kappa shape index (κ2) is 8.81. The van der Waals surface area contributed by atoms with Gasteiger partial charge in [0.05, 0.1) is 37.1 Å². The van der Waals surface area contributed by atoms with Crippen LogP contribution < -0.4 is 9.47 Å². The minimum absolute atomic E-state index is 0.00269. The van der Waals surface area contributed by atoms with E-state index >= 15 is 0 Å². The second-order valence-electron chi connectivity index (χ2n) is 7.69. The molecule has 1 aromatic carbocycles. The average molecular weight is 428 g/mol. The number of amides is 1. The molecule has 0 bridgehead atoms. The number of para-hydroxylation sites is 1. The van der Waals surface area contributed by atoms with Crippen molar-refractivity contribution in [3.8, 4) is 11.5 Å². The number of carbonyl (C=O) groups is 2. The minimum Gasteiger partial charge on any atom is -0.507 e. The summed E-state index contributed by atoms with van der Waals surface area (Å²) in [4.78, 5) is 29.5. The molecule has 1 atom stereocenters. The highest BCUT2D eigenvalue weighted by molar-refractivity contribution is 6.46. The Morgan fingerprint density at radius 3 is 2.48 bits per heavy atom. The van der Waals surface area contributed by atoms with Gasteiger partial charge >= 0.3 is 0 Å². The zero-order valence-electron chi connectivity index (χ0n) is 18.6. The van der Waals surface area contributed by atoms with Gasteiger partial charge in [-0.25, -0.2) is 0 Å². The summed E-state index contributed by atoms with van der Waals surface area (Å²) in [5.74, 6) is -0.806. The van der Waals surface area contributed by atoms with E-state index < -0.39 is 17.7 Å². The molecule has 31 heavy (non-hydrogen) atoms. The highest BCUT2D eigenvalue weighted by Crippen LogP contribution is 2.45. The van der Waals surface area contributed by atoms with Gasteiger partial charge in [0.1, 0.15) is 5.76 Å². The maximum atomic E-state index is 13.1. The van der Waals surface area contributed by atoms with Crippen molar-refractivity contribution in [3.63, 3.8) is 0 Å². The summed E-state index contributed by atoms with van der Waals surface area (Å²) in [5, 5.41) is 18.1. The van der Waals surface area contributed by atoms with Crippen molar-refractivity contribution in [2.45, 2.75) is 19.9 Å². The number of methoxy groups -OCH3 is 2. The molecule has 0 radical (unpaired) electrons. The van der Waals surface area contributed by atoms with Gasteiger partial charge in [-0.15, -0.1) is 0 Å². The van der Waals surface area contributed by atoms with Crippen molar-refractivity contribution >= 4 is 17.4 Å². The van der Waals surface area contributed by atoms with E-state index in [2.05, 4.69) is 10.2 Å². The van der Waals surface area contributed by atoms with Gasteiger partial charge in [0.15, 0.2) is 11.5 Å². The fraction of sp³-hybridized carbons (Fsp3) is 0.409. The highest BCUT2D eigenvalue weighted by Gasteiger charge is 2.47. The third kappa shape index (κ3) is 3.88. The molecule has 2 N–H and O–H groups in total. The van der Waals surface area contributed by atoms with Crippen LogP contribution in [0.5, 0.6) is 11.5 Å². The fourth-order valence-corrected chi connectivity index (χ4v) is 3.90. The molecular weight excluding hydrogens is 400 g/mol. The third-order valence-corrected chi connectivity index (χ3v) is 5.42. The van der Waals surface area contributed by atoms with Crippen LogP contribution in [-0.4, -0.2) is 78.2 Å². The standard InChI is InChI=1S/C22H28N4O5/c1-12-16(13(2)24-23-12)19(27)17-18(14-8-7-9-15(30-5)21(14)31-6)26(11-10-25(3)4)22(29)20(17)28/h7-9,18,27H,10-11H2,1-6H3,(H,23,24). The molecule has 1 amide bonds. The summed E-state index contributed by atoms with van der Waals surface area (Å²) in [7, 11) is 6.78. The molecular formula is C22H28N4O5. The number of ether oxygens (including phenoxy) is 2. The number of aromatic nitrogens is 2. The monoisotopic (exact) mass is 428 g/mol. The van der Waals surface area contributed by atoms with E-state index in [4.69, 9.17) is 9.47 Å². The molecule has 1 aliphatic heterocycles. The molecule has 1 aliphatic rings. The van der Waals surface area contributed by atoms with Crippen LogP contribution in [0.2, 0.25) is 0 Å². The number of likely N-dealkylation sites (N-methyl/N-ethyl adjacent to an activating group) is 1. The van der Waals surface area contributed by atoms with Crippen molar-refractivity contribution in [1.82, 2.24) is 20.0 Å². The van der Waals surface area contributed by atoms with Crippen LogP contribution in [0.25, 0.3) is 5.76 Å². The van der Waals surface area contributed by atoms with E-state index in [-0.39, 0.29) is 11.3 Å². The number of ketones is 1. The molecule has 9 heteroatoms. The summed E-state index contributed by atoms with van der Waals surface area (Å²) < 4.78 is 11.0. The molecule has 3 rings (SSSR count). The predicted molar refractivity (Wildman–Crippen MR) is 115 cm³/mol. The van der Waals surface area contributed by atoms with E-state index in [0.717, 1.165) is 0 Å². The van der Waals surface area contributed by atoms with Crippen LogP contribution >= 0.6 is 0 Å². The lowest BCUT2D eigenvalue weighted by atomic mass is 9.94. The molecule has 166 valence electrons. The Balaban J connectivity index is 2.28. The lowest BCUT2D eigenvalue weighted by molar-refractivity contribution is -0.140. The van der Waals surface area contributed by atoms with Gasteiger partial charge in [0, 0.05) is 24.3 Å². The smallest absolute Gasteiger partial charge is 0.295 e. The van der Waals surface area contributed by atoms with Crippen LogP contribution in [-0.2, 0) is 9.59 Å². The lowest BCUT2D eigenvalue weighted by Crippen LogP contribution is -2.35. The number of aryl methyl sites for hydroxylation is 2. The number of H-pyrrole nitrogens is 1. The van der Waals surface area contributed by atoms with Crippen LogP contribution in [0.4, 0.5) is 0 Å². The van der Waals surface area contributed by atoms with Gasteiger partial charge in [-0.2, -0.15) is 5.10 Å². The van der Waals surface area contributed by atoms with Crippen molar-refractivity contribution in [2.75, 3.05) is 41.4 Å². The van der Waals surface area contributed by atoms with Crippen LogP contribution in [0.3, 0.4) is 0 Å². The third-order valence-electron chi connectivity index (χ3n) is 5.42. The minimum atomic E-state index is -0.835. The number of benzene rings is 1. The zero-order chi connectivity index (χ0) is 22.9. The second-order valence-corrected chi connectivity index (χ2v) is 7.69. The first-order valence-electron chi connectivity index (χ1n) is 9.88. The van der Waals surface area contributed by atoms with Crippen LogP contribution in [0.15, 0.2) is 23.8 Å². The number of aliphatic hydroxyl groups is 1. The van der Waals surface area contributed by atoms with Gasteiger partial charge in [0.25, 0.3) is 11.7 Å². The Bertz CT molecular complexity index is 1020. The summed E-state index contributed by atoms with van der Waals surface area (Å²) in [6.45, 7) is 4.31. The van der Waals surface area contributed by atoms with Crippen molar-refractivity contribution in [1.29, 1.82) is 0 Å². The number of hydrogen-bond acceptors (Lipinski definition) is 7. The normalized spacial score (nSPS) is 18.2. The first-order chi connectivity index (χ1) is 14.7. The largest absolute Gasteiger partial charge is 0.507 e. The van der Waals surface area contributed by atoms with Crippen LogP contribution in [0.1, 0.15) is 28.6 Å². The maximum Gasteiger partial charge on any atom is 0.295 e. The molecule has 1 saturated heterocycles. The molecule has 2 aromatic rings. The Morgan fingerprint density at radius 1 is 1.23 bits per heavy atom. The van der Waals surface area contributed by atoms with E-state index in [1.807, 2.05) is 19.0 Å². The van der Waals surface area contributed by atoms with Gasteiger partial charge < -0.3 is 24.4 Å². The van der Waals surface area contributed by atoms with Crippen molar-refractivity contribution in [3.05, 3.63) is 46.3 Å². The molecule has 2 heterocycles. The number of hydrogen-bond donors (Lipinski definition) is 2. The quantitative estimate of drug-likeness (QED) is 0.395. The highest BCUT2D eigenvalue weighted by atomic mass is 16.5. The maximum absolute atomic E-state index is 13.1. The van der Waals surface area contributed by atoms with Gasteiger partial charge in [-0.3, -0.25) is 14.7 Å². The van der Waals surface area contributed by atoms with Crippen molar-refractivity contribution < 1.29 is 24.2 Å². The molecule has 1 unspecified atom stereocenters. The zero-order valence-corrected chi connectivity index (χ0v) is 18.6. The van der Waals surface area contributed by atoms with E-state index in [1.165, 1.54) is 19.1 Å². The molecule has 0 spiro atoms. The molecule has 1 aromatic heterocycles. The number of Topliss-reactive ketones (excluding diaryl/α,β-unsaturated/α-hetero) is 1. The van der Waals surface area contributed by atoms with E-state index in [0.29, 0.717) is 47.1 Å². The number of nitrogens with zero attached hydrogens (tertiary/aromatic N) is 3. The Kier molecular flexibility index (Phi) is 6.35. The van der Waals surface area contributed by atoms with Gasteiger partial charge in [0.2, 0.25) is 0 Å². The topological polar surface area (TPSA) is 108 Å². The first kappa shape index (κ1) is 22.4. The summed E-state index contributed by atoms with van der Waals surface area (Å²) >= 11 is 0. The Labute approximate surface area is 181 Å². The van der Waals surface area contributed by atoms with Gasteiger partial charge in [-0.1, -0.05) is 12.1 Å².